The van der Waals surface area contributed by atoms with Crippen LogP contribution in [0.2, 0.25) is 0 Å². The number of ether oxygens (including phenoxy) is 2. The summed E-state index contributed by atoms with van der Waals surface area (Å²) in [5.74, 6) is 1.28. The van der Waals surface area contributed by atoms with E-state index < -0.39 is 15.9 Å². The second-order valence-corrected chi connectivity index (χ2v) is 11.9. The molecule has 0 bridgehead atoms. The lowest BCUT2D eigenvalue weighted by Gasteiger charge is -2.21. The van der Waals surface area contributed by atoms with Crippen LogP contribution in [-0.4, -0.2) is 49.7 Å². The molecule has 0 aliphatic heterocycles. The lowest BCUT2D eigenvalue weighted by Crippen LogP contribution is -2.20. The first kappa shape index (κ1) is 23.5. The van der Waals surface area contributed by atoms with E-state index in [1.54, 1.807) is 48.2 Å². The van der Waals surface area contributed by atoms with Crippen molar-refractivity contribution in [3.8, 4) is 17.4 Å². The van der Waals surface area contributed by atoms with Crippen molar-refractivity contribution in [2.75, 3.05) is 31.0 Å². The fourth-order valence-electron chi connectivity index (χ4n) is 4.32. The molecular weight excluding hydrogens is 468 g/mol. The van der Waals surface area contributed by atoms with Crippen LogP contribution >= 0.6 is 0 Å². The van der Waals surface area contributed by atoms with Crippen molar-refractivity contribution in [1.29, 1.82) is 0 Å². The summed E-state index contributed by atoms with van der Waals surface area (Å²) in [5, 5.41) is 15.4. The molecule has 2 aliphatic carbocycles. The predicted molar refractivity (Wildman–Crippen MR) is 134 cm³/mol. The van der Waals surface area contributed by atoms with Gasteiger partial charge in [0, 0.05) is 23.8 Å². The molecule has 1 amide bonds. The minimum Gasteiger partial charge on any atom is -0.494 e. The number of carbonyl (C=O) groups is 1. The molecule has 3 aromatic rings. The van der Waals surface area contributed by atoms with Gasteiger partial charge >= 0.3 is 0 Å². The van der Waals surface area contributed by atoms with Crippen LogP contribution in [0.15, 0.2) is 42.6 Å². The standard InChI is InChI=1S/C26H30N2O6S/c1-33-22-11-10-18(12-23(22)34-14-16-6-7-16)21(15-35(2,31)32)28-13-19-4-3-5-20(24(19)26(28)30)27-25(29)17-8-9-17/h3-5,10-13,16-17,21,30H,6-9,14-15H2,1-2H3,(H,27,29). The Kier molecular flexibility index (Phi) is 6.13. The van der Waals surface area contributed by atoms with Crippen molar-refractivity contribution >= 4 is 32.2 Å². The molecule has 0 spiro atoms. The number of nitrogens with zero attached hydrogens (tertiary/aromatic N) is 1. The van der Waals surface area contributed by atoms with Crippen molar-refractivity contribution in [2.45, 2.75) is 31.7 Å². The van der Waals surface area contributed by atoms with Crippen LogP contribution < -0.4 is 14.8 Å². The lowest BCUT2D eigenvalue weighted by molar-refractivity contribution is -0.117. The van der Waals surface area contributed by atoms with Gasteiger partial charge < -0.3 is 24.5 Å². The summed E-state index contributed by atoms with van der Waals surface area (Å²) in [6, 6.07) is 10.0. The molecule has 0 saturated heterocycles. The molecule has 1 aromatic heterocycles. The lowest BCUT2D eigenvalue weighted by atomic mass is 10.1. The molecule has 2 N–H and O–H groups in total. The largest absolute Gasteiger partial charge is 0.494 e. The number of hydrogen-bond donors (Lipinski definition) is 2. The summed E-state index contributed by atoms with van der Waals surface area (Å²) < 4.78 is 37.9. The third-order valence-corrected chi connectivity index (χ3v) is 7.51. The van der Waals surface area contributed by atoms with E-state index in [1.165, 1.54) is 6.26 Å². The molecule has 186 valence electrons. The topological polar surface area (TPSA) is 107 Å². The SMILES string of the molecule is COc1ccc(C(CS(C)(=O)=O)n2cc3cccc(NC(=O)C4CC4)c3c2O)cc1OCC1CC1. The van der Waals surface area contributed by atoms with Crippen molar-refractivity contribution < 1.29 is 27.8 Å². The summed E-state index contributed by atoms with van der Waals surface area (Å²) in [7, 11) is -1.86. The highest BCUT2D eigenvalue weighted by Gasteiger charge is 2.31. The molecule has 1 atom stereocenters. The van der Waals surface area contributed by atoms with E-state index in [0.717, 1.165) is 25.7 Å². The molecule has 2 aromatic carbocycles. The van der Waals surface area contributed by atoms with Gasteiger partial charge in [0.05, 0.1) is 36.6 Å². The van der Waals surface area contributed by atoms with Gasteiger partial charge in [0.25, 0.3) is 0 Å². The number of aromatic nitrogens is 1. The molecule has 1 unspecified atom stereocenters. The van der Waals surface area contributed by atoms with Crippen LogP contribution in [0.25, 0.3) is 10.8 Å². The number of benzene rings is 2. The molecule has 9 heteroatoms. The van der Waals surface area contributed by atoms with Crippen molar-refractivity contribution in [2.24, 2.45) is 11.8 Å². The number of aromatic hydroxyl groups is 1. The second kappa shape index (κ2) is 9.11. The van der Waals surface area contributed by atoms with Crippen LogP contribution in [0.5, 0.6) is 17.4 Å². The Hall–Kier alpha value is -3.20. The molecular formula is C26H30N2O6S. The van der Waals surface area contributed by atoms with Gasteiger partial charge in [-0.3, -0.25) is 4.79 Å². The maximum Gasteiger partial charge on any atom is 0.227 e. The highest BCUT2D eigenvalue weighted by molar-refractivity contribution is 7.90. The summed E-state index contributed by atoms with van der Waals surface area (Å²) in [6.45, 7) is 0.583. The minimum atomic E-state index is -3.42. The molecule has 0 radical (unpaired) electrons. The first-order chi connectivity index (χ1) is 16.7. The number of amides is 1. The number of nitrogens with one attached hydrogen (secondary N) is 1. The van der Waals surface area contributed by atoms with Gasteiger partial charge in [-0.2, -0.15) is 0 Å². The average Bonchev–Trinajstić information content (AvgIpc) is 3.73. The first-order valence-electron chi connectivity index (χ1n) is 11.9. The smallest absolute Gasteiger partial charge is 0.227 e. The number of rotatable bonds is 10. The van der Waals surface area contributed by atoms with E-state index in [1.807, 2.05) is 6.07 Å². The Labute approximate surface area is 204 Å². The van der Waals surface area contributed by atoms with Gasteiger partial charge in [-0.25, -0.2) is 8.42 Å². The van der Waals surface area contributed by atoms with Gasteiger partial charge in [0.2, 0.25) is 11.8 Å². The Balaban J connectivity index is 1.56. The third-order valence-electron chi connectivity index (χ3n) is 6.59. The highest BCUT2D eigenvalue weighted by atomic mass is 32.2. The quantitative estimate of drug-likeness (QED) is 0.435. The van der Waals surface area contributed by atoms with E-state index in [4.69, 9.17) is 9.47 Å². The fourth-order valence-corrected chi connectivity index (χ4v) is 5.25. The van der Waals surface area contributed by atoms with E-state index in [0.29, 0.717) is 46.0 Å². The van der Waals surface area contributed by atoms with E-state index in [2.05, 4.69) is 5.32 Å². The van der Waals surface area contributed by atoms with Crippen molar-refractivity contribution in [3.63, 3.8) is 0 Å². The Morgan fingerprint density at radius 2 is 1.94 bits per heavy atom. The summed E-state index contributed by atoms with van der Waals surface area (Å²) in [6.07, 6.45) is 6.92. The zero-order valence-electron chi connectivity index (χ0n) is 19.9. The minimum absolute atomic E-state index is 0.0147. The zero-order chi connectivity index (χ0) is 24.7. The second-order valence-electron chi connectivity index (χ2n) is 9.67. The van der Waals surface area contributed by atoms with Crippen molar-refractivity contribution in [3.05, 3.63) is 48.2 Å². The van der Waals surface area contributed by atoms with Gasteiger partial charge in [-0.1, -0.05) is 18.2 Å². The van der Waals surface area contributed by atoms with E-state index >= 15 is 0 Å². The van der Waals surface area contributed by atoms with Crippen LogP contribution in [0.1, 0.15) is 37.3 Å². The summed E-state index contributed by atoms with van der Waals surface area (Å²) >= 11 is 0. The molecule has 2 fully saturated rings. The first-order valence-corrected chi connectivity index (χ1v) is 13.9. The fraction of sp³-hybridized carbons (Fsp3) is 0.423. The number of fused-ring (bicyclic) bond motifs is 1. The molecule has 8 nitrogen and oxygen atoms in total. The molecule has 2 saturated carbocycles. The number of sulfone groups is 1. The summed E-state index contributed by atoms with van der Waals surface area (Å²) in [4.78, 5) is 12.4. The van der Waals surface area contributed by atoms with Crippen molar-refractivity contribution in [1.82, 2.24) is 4.57 Å². The molecule has 2 aliphatic rings. The number of hydrogen-bond acceptors (Lipinski definition) is 6. The number of anilines is 1. The molecule has 1 heterocycles. The van der Waals surface area contributed by atoms with Crippen LogP contribution in [0.4, 0.5) is 5.69 Å². The van der Waals surface area contributed by atoms with Gasteiger partial charge in [-0.15, -0.1) is 0 Å². The number of methoxy groups -OCH3 is 1. The predicted octanol–water partition coefficient (Wildman–Crippen LogP) is 4.13. The summed E-state index contributed by atoms with van der Waals surface area (Å²) in [5.41, 5.74) is 1.18. The zero-order valence-corrected chi connectivity index (χ0v) is 20.7. The third kappa shape index (κ3) is 5.24. The highest BCUT2D eigenvalue weighted by Crippen LogP contribution is 2.41. The van der Waals surface area contributed by atoms with E-state index in [-0.39, 0.29) is 23.5 Å². The Morgan fingerprint density at radius 3 is 2.60 bits per heavy atom. The van der Waals surface area contributed by atoms with Crippen LogP contribution in [-0.2, 0) is 14.6 Å². The maximum atomic E-state index is 12.4. The normalized spacial score (nSPS) is 16.7. The Morgan fingerprint density at radius 1 is 1.17 bits per heavy atom. The molecule has 35 heavy (non-hydrogen) atoms. The van der Waals surface area contributed by atoms with Crippen LogP contribution in [0.3, 0.4) is 0 Å². The van der Waals surface area contributed by atoms with Gasteiger partial charge in [0.1, 0.15) is 9.84 Å². The van der Waals surface area contributed by atoms with Crippen LogP contribution in [0, 0.1) is 11.8 Å². The number of carbonyl (C=O) groups excluding carboxylic acids is 1. The average molecular weight is 499 g/mol. The van der Waals surface area contributed by atoms with E-state index in [9.17, 15) is 18.3 Å². The maximum absolute atomic E-state index is 12.4. The van der Waals surface area contributed by atoms with Gasteiger partial charge in [-0.05, 0) is 55.4 Å². The Bertz CT molecular complexity index is 1370. The molecule has 5 rings (SSSR count). The van der Waals surface area contributed by atoms with Gasteiger partial charge in [0.15, 0.2) is 11.5 Å². The monoisotopic (exact) mass is 498 g/mol.